The van der Waals surface area contributed by atoms with Crippen molar-refractivity contribution in [3.05, 3.63) is 28.8 Å². The van der Waals surface area contributed by atoms with E-state index in [-0.39, 0.29) is 11.8 Å². The number of anilines is 1. The molecular formula is C14H19NO. The van der Waals surface area contributed by atoms with Gasteiger partial charge in [0, 0.05) is 6.54 Å². The summed E-state index contributed by atoms with van der Waals surface area (Å²) in [5.41, 5.74) is 4.86. The molecule has 1 aliphatic heterocycles. The van der Waals surface area contributed by atoms with Crippen LogP contribution in [0.4, 0.5) is 5.69 Å². The van der Waals surface area contributed by atoms with Gasteiger partial charge in [-0.3, -0.25) is 4.79 Å². The predicted molar refractivity (Wildman–Crippen MR) is 67.0 cm³/mol. The molecule has 1 unspecified atom stereocenters. The molecule has 86 valence electrons. The molecule has 1 amide bonds. The van der Waals surface area contributed by atoms with Crippen molar-refractivity contribution < 1.29 is 4.79 Å². The van der Waals surface area contributed by atoms with E-state index in [1.54, 1.807) is 0 Å². The zero-order valence-corrected chi connectivity index (χ0v) is 10.5. The number of aryl methyl sites for hydroxylation is 2. The Bertz CT molecular complexity index is 437. The fourth-order valence-corrected chi connectivity index (χ4v) is 2.77. The summed E-state index contributed by atoms with van der Waals surface area (Å²) in [5, 5.41) is 0. The molecule has 1 aromatic rings. The summed E-state index contributed by atoms with van der Waals surface area (Å²) in [6.45, 7) is 9.09. The third-order valence-electron chi connectivity index (χ3n) is 3.41. The van der Waals surface area contributed by atoms with Crippen molar-refractivity contribution in [2.75, 3.05) is 11.4 Å². The Morgan fingerprint density at radius 3 is 2.50 bits per heavy atom. The molecule has 1 aliphatic rings. The molecule has 2 rings (SSSR count). The summed E-state index contributed by atoms with van der Waals surface area (Å²) in [6.07, 6.45) is 0.894. The van der Waals surface area contributed by atoms with Crippen LogP contribution in [0.1, 0.15) is 42.9 Å². The monoisotopic (exact) mass is 217 g/mol. The maximum absolute atomic E-state index is 12.2. The third kappa shape index (κ3) is 1.44. The van der Waals surface area contributed by atoms with Gasteiger partial charge in [0.2, 0.25) is 5.91 Å². The molecular weight excluding hydrogens is 198 g/mol. The number of carbonyl (C=O) groups excluding carboxylic acids is 1. The van der Waals surface area contributed by atoms with Crippen molar-refractivity contribution in [1.82, 2.24) is 0 Å². The van der Waals surface area contributed by atoms with Crippen molar-refractivity contribution >= 4 is 11.6 Å². The highest BCUT2D eigenvalue weighted by Crippen LogP contribution is 2.41. The van der Waals surface area contributed by atoms with E-state index in [9.17, 15) is 4.79 Å². The summed E-state index contributed by atoms with van der Waals surface area (Å²) in [5.74, 6) is 0.349. The number of benzene rings is 1. The van der Waals surface area contributed by atoms with Crippen LogP contribution in [-0.2, 0) is 4.79 Å². The Morgan fingerprint density at radius 2 is 1.94 bits per heavy atom. The molecule has 16 heavy (non-hydrogen) atoms. The first kappa shape index (κ1) is 11.2. The molecule has 0 radical (unpaired) electrons. The van der Waals surface area contributed by atoms with Crippen molar-refractivity contribution in [3.8, 4) is 0 Å². The Morgan fingerprint density at radius 1 is 1.25 bits per heavy atom. The predicted octanol–water partition coefficient (Wildman–Crippen LogP) is 3.16. The maximum Gasteiger partial charge on any atom is 0.234 e. The van der Waals surface area contributed by atoms with Gasteiger partial charge in [0.25, 0.3) is 0 Å². The van der Waals surface area contributed by atoms with Crippen LogP contribution in [0.15, 0.2) is 12.1 Å². The highest BCUT2D eigenvalue weighted by atomic mass is 16.2. The molecule has 0 aromatic heterocycles. The molecule has 2 nitrogen and oxygen atoms in total. The van der Waals surface area contributed by atoms with Crippen LogP contribution in [0.5, 0.6) is 0 Å². The zero-order valence-electron chi connectivity index (χ0n) is 10.5. The Balaban J connectivity index is 2.63. The number of fused-ring (bicyclic) bond motifs is 1. The summed E-state index contributed by atoms with van der Waals surface area (Å²) >= 11 is 0. The molecule has 1 aromatic carbocycles. The van der Waals surface area contributed by atoms with Gasteiger partial charge in [0.05, 0.1) is 11.6 Å². The average molecular weight is 217 g/mol. The SMILES string of the molecule is CCC1C(=O)N(CC)c2c(C)cc(C)cc21. The first-order chi connectivity index (χ1) is 7.60. The van der Waals surface area contributed by atoms with E-state index < -0.39 is 0 Å². The molecule has 0 saturated heterocycles. The number of rotatable bonds is 2. The van der Waals surface area contributed by atoms with Crippen LogP contribution < -0.4 is 4.90 Å². The number of likely N-dealkylation sites (N-methyl/N-ethyl adjacent to an activating group) is 1. The Kier molecular flexibility index (Phi) is 2.75. The fraction of sp³-hybridized carbons (Fsp3) is 0.500. The second-order valence-corrected chi connectivity index (χ2v) is 4.56. The normalized spacial score (nSPS) is 19.1. The minimum Gasteiger partial charge on any atom is -0.312 e. The molecule has 0 bridgehead atoms. The zero-order chi connectivity index (χ0) is 11.9. The van der Waals surface area contributed by atoms with E-state index >= 15 is 0 Å². The molecule has 0 N–H and O–H groups in total. The lowest BCUT2D eigenvalue weighted by Crippen LogP contribution is -2.28. The first-order valence-corrected chi connectivity index (χ1v) is 6.02. The van der Waals surface area contributed by atoms with Crippen LogP contribution in [0, 0.1) is 13.8 Å². The lowest BCUT2D eigenvalue weighted by molar-refractivity contribution is -0.119. The van der Waals surface area contributed by atoms with Crippen molar-refractivity contribution in [3.63, 3.8) is 0 Å². The van der Waals surface area contributed by atoms with E-state index in [1.807, 2.05) is 11.8 Å². The summed E-state index contributed by atoms with van der Waals surface area (Å²) in [6, 6.07) is 4.33. The molecule has 0 saturated carbocycles. The minimum atomic E-state index is 0.0774. The van der Waals surface area contributed by atoms with Gasteiger partial charge < -0.3 is 4.90 Å². The summed E-state index contributed by atoms with van der Waals surface area (Å²) in [7, 11) is 0. The number of amides is 1. The van der Waals surface area contributed by atoms with Gasteiger partial charge in [0.15, 0.2) is 0 Å². The van der Waals surface area contributed by atoms with Gasteiger partial charge in [-0.05, 0) is 38.3 Å². The third-order valence-corrected chi connectivity index (χ3v) is 3.41. The highest BCUT2D eigenvalue weighted by Gasteiger charge is 2.36. The molecule has 0 aliphatic carbocycles. The molecule has 0 spiro atoms. The lowest BCUT2D eigenvalue weighted by atomic mass is 9.95. The second-order valence-electron chi connectivity index (χ2n) is 4.56. The second kappa shape index (κ2) is 3.93. The summed E-state index contributed by atoms with van der Waals surface area (Å²) in [4.78, 5) is 14.1. The van der Waals surface area contributed by atoms with E-state index in [4.69, 9.17) is 0 Å². The number of hydrogen-bond acceptors (Lipinski definition) is 1. The van der Waals surface area contributed by atoms with Crippen molar-refractivity contribution in [1.29, 1.82) is 0 Å². The van der Waals surface area contributed by atoms with E-state index in [0.717, 1.165) is 18.7 Å². The van der Waals surface area contributed by atoms with Gasteiger partial charge in [0.1, 0.15) is 0 Å². The number of hydrogen-bond donors (Lipinski definition) is 0. The van der Waals surface area contributed by atoms with Gasteiger partial charge >= 0.3 is 0 Å². The summed E-state index contributed by atoms with van der Waals surface area (Å²) < 4.78 is 0. The van der Waals surface area contributed by atoms with Crippen LogP contribution in [0.2, 0.25) is 0 Å². The molecule has 2 heteroatoms. The Labute approximate surface area is 97.3 Å². The van der Waals surface area contributed by atoms with Crippen LogP contribution in [-0.4, -0.2) is 12.5 Å². The molecule has 0 fully saturated rings. The van der Waals surface area contributed by atoms with E-state index in [1.165, 1.54) is 16.7 Å². The number of nitrogens with zero attached hydrogens (tertiary/aromatic N) is 1. The topological polar surface area (TPSA) is 20.3 Å². The van der Waals surface area contributed by atoms with Crippen LogP contribution >= 0.6 is 0 Å². The maximum atomic E-state index is 12.2. The van der Waals surface area contributed by atoms with Gasteiger partial charge in [-0.15, -0.1) is 0 Å². The Hall–Kier alpha value is -1.31. The highest BCUT2D eigenvalue weighted by molar-refractivity contribution is 6.05. The van der Waals surface area contributed by atoms with Gasteiger partial charge in [-0.1, -0.05) is 24.6 Å². The lowest BCUT2D eigenvalue weighted by Gasteiger charge is -2.17. The smallest absolute Gasteiger partial charge is 0.234 e. The molecule has 1 heterocycles. The van der Waals surface area contributed by atoms with E-state index in [0.29, 0.717) is 0 Å². The largest absolute Gasteiger partial charge is 0.312 e. The standard InChI is InChI=1S/C14H19NO/c1-5-11-12-8-9(3)7-10(4)13(12)15(6-2)14(11)16/h7-8,11H,5-6H2,1-4H3. The van der Waals surface area contributed by atoms with Crippen LogP contribution in [0.25, 0.3) is 0 Å². The van der Waals surface area contributed by atoms with Crippen molar-refractivity contribution in [2.45, 2.75) is 40.0 Å². The molecule has 1 atom stereocenters. The quantitative estimate of drug-likeness (QED) is 0.745. The van der Waals surface area contributed by atoms with Crippen LogP contribution in [0.3, 0.4) is 0 Å². The fourth-order valence-electron chi connectivity index (χ4n) is 2.77. The first-order valence-electron chi connectivity index (χ1n) is 6.02. The minimum absolute atomic E-state index is 0.0774. The van der Waals surface area contributed by atoms with E-state index in [2.05, 4.69) is 32.9 Å². The average Bonchev–Trinajstić information content (AvgIpc) is 2.49. The van der Waals surface area contributed by atoms with Gasteiger partial charge in [-0.25, -0.2) is 0 Å². The number of carbonyl (C=O) groups is 1. The van der Waals surface area contributed by atoms with Crippen molar-refractivity contribution in [2.24, 2.45) is 0 Å². The van der Waals surface area contributed by atoms with Gasteiger partial charge in [-0.2, -0.15) is 0 Å².